The summed E-state index contributed by atoms with van der Waals surface area (Å²) in [7, 11) is 0. The van der Waals surface area contributed by atoms with Crippen molar-refractivity contribution in [3.63, 3.8) is 0 Å². The summed E-state index contributed by atoms with van der Waals surface area (Å²) in [5.74, 6) is 1.83. The van der Waals surface area contributed by atoms with Gasteiger partial charge in [-0.15, -0.1) is 22.7 Å². The Morgan fingerprint density at radius 3 is 1.94 bits per heavy atom. The lowest BCUT2D eigenvalue weighted by molar-refractivity contribution is 0.669. The van der Waals surface area contributed by atoms with Gasteiger partial charge in [-0.2, -0.15) is 0 Å². The summed E-state index contributed by atoms with van der Waals surface area (Å²) in [4.78, 5) is 15.2. The van der Waals surface area contributed by atoms with E-state index < -0.39 is 0 Å². The molecule has 238 valence electrons. The first-order valence-electron chi connectivity index (χ1n) is 16.8. The molecule has 0 spiro atoms. The molecule has 0 N–H and O–H groups in total. The average Bonchev–Trinajstić information content (AvgIpc) is 3.88. The van der Waals surface area contributed by atoms with Crippen LogP contribution in [0.3, 0.4) is 0 Å². The molecule has 0 atom stereocenters. The second-order valence-corrected chi connectivity index (χ2v) is 14.9. The second kappa shape index (κ2) is 11.2. The molecule has 0 bridgehead atoms. The highest BCUT2D eigenvalue weighted by atomic mass is 32.1. The topological polar surface area (TPSA) is 51.8 Å². The smallest absolute Gasteiger partial charge is 0.167 e. The number of hydrogen-bond donors (Lipinski definition) is 0. The Labute approximate surface area is 299 Å². The van der Waals surface area contributed by atoms with Gasteiger partial charge < -0.3 is 4.42 Å². The van der Waals surface area contributed by atoms with Gasteiger partial charge in [0.1, 0.15) is 11.2 Å². The third kappa shape index (κ3) is 4.54. The molecule has 0 aliphatic carbocycles. The summed E-state index contributed by atoms with van der Waals surface area (Å²) in [5, 5.41) is 7.18. The Balaban J connectivity index is 1.07. The minimum atomic E-state index is 0.582. The minimum Gasteiger partial charge on any atom is -0.455 e. The van der Waals surface area contributed by atoms with Crippen molar-refractivity contribution >= 4 is 85.0 Å². The van der Waals surface area contributed by atoms with E-state index in [1.165, 1.54) is 51.5 Å². The van der Waals surface area contributed by atoms with E-state index in [0.29, 0.717) is 17.5 Å². The van der Waals surface area contributed by atoms with E-state index in [0.717, 1.165) is 38.6 Å². The number of para-hydroxylation sites is 2. The largest absolute Gasteiger partial charge is 0.455 e. The van der Waals surface area contributed by atoms with Crippen LogP contribution in [0.4, 0.5) is 0 Å². The highest BCUT2D eigenvalue weighted by Crippen LogP contribution is 2.43. The molecule has 7 aromatic carbocycles. The van der Waals surface area contributed by atoms with Crippen LogP contribution in [0.25, 0.3) is 108 Å². The molecule has 0 aliphatic rings. The molecule has 0 aliphatic heterocycles. The number of aromatic nitrogens is 3. The number of benzene rings is 7. The van der Waals surface area contributed by atoms with Crippen LogP contribution in [-0.4, -0.2) is 15.0 Å². The molecule has 0 amide bonds. The molecule has 4 aromatic heterocycles. The maximum atomic E-state index is 6.41. The third-order valence-electron chi connectivity index (χ3n) is 9.76. The molecule has 0 saturated carbocycles. The Morgan fingerprint density at radius 1 is 0.373 bits per heavy atom. The van der Waals surface area contributed by atoms with Crippen LogP contribution in [0, 0.1) is 0 Å². The number of hydrogen-bond acceptors (Lipinski definition) is 6. The van der Waals surface area contributed by atoms with E-state index in [1.54, 1.807) is 0 Å². The van der Waals surface area contributed by atoms with Crippen LogP contribution in [0.15, 0.2) is 156 Å². The molecule has 6 heteroatoms. The van der Waals surface area contributed by atoms with Gasteiger partial charge in [-0.1, -0.05) is 109 Å². The van der Waals surface area contributed by atoms with Crippen molar-refractivity contribution in [1.29, 1.82) is 0 Å². The third-order valence-corrected chi connectivity index (χ3v) is 12.1. The number of rotatable bonds is 4. The molecule has 0 fully saturated rings. The van der Waals surface area contributed by atoms with Crippen LogP contribution >= 0.6 is 22.7 Å². The van der Waals surface area contributed by atoms with Gasteiger partial charge in [0.2, 0.25) is 0 Å². The Hall–Kier alpha value is -6.21. The molecule has 51 heavy (non-hydrogen) atoms. The maximum absolute atomic E-state index is 6.41. The predicted molar refractivity (Wildman–Crippen MR) is 215 cm³/mol. The summed E-state index contributed by atoms with van der Waals surface area (Å²) < 4.78 is 11.6. The van der Waals surface area contributed by atoms with Crippen LogP contribution < -0.4 is 0 Å². The lowest BCUT2D eigenvalue weighted by atomic mass is 10.0. The average molecular weight is 688 g/mol. The van der Waals surface area contributed by atoms with Crippen LogP contribution in [0.2, 0.25) is 0 Å². The fraction of sp³-hybridized carbons (Fsp3) is 0. The van der Waals surface area contributed by atoms with Crippen LogP contribution in [-0.2, 0) is 0 Å². The summed E-state index contributed by atoms with van der Waals surface area (Å²) in [5.41, 5.74) is 6.85. The van der Waals surface area contributed by atoms with E-state index in [4.69, 9.17) is 19.4 Å². The van der Waals surface area contributed by atoms with Crippen molar-refractivity contribution in [2.75, 3.05) is 0 Å². The van der Waals surface area contributed by atoms with Crippen molar-refractivity contribution < 1.29 is 4.42 Å². The first-order valence-corrected chi connectivity index (χ1v) is 18.5. The standard InChI is InChI=1S/C45H25N3OS2/c1-2-10-26(11-3-1)43-46-44(48-45(47-43)35-17-9-15-33-30-12-4-6-18-37(30)49-41(33)35)28-21-23-39-36(24-28)32-22-20-27(25-40(32)50-39)29-14-8-16-34-31-13-5-7-19-38(31)51-42(29)34/h1-25H. The summed E-state index contributed by atoms with van der Waals surface area (Å²) >= 11 is 3.70. The molecule has 4 heterocycles. The highest BCUT2D eigenvalue weighted by molar-refractivity contribution is 7.26. The Morgan fingerprint density at radius 2 is 1.04 bits per heavy atom. The van der Waals surface area contributed by atoms with Crippen molar-refractivity contribution in [1.82, 2.24) is 15.0 Å². The highest BCUT2D eigenvalue weighted by Gasteiger charge is 2.19. The van der Waals surface area contributed by atoms with Crippen molar-refractivity contribution in [3.05, 3.63) is 152 Å². The van der Waals surface area contributed by atoms with Gasteiger partial charge in [0.15, 0.2) is 17.5 Å². The number of fused-ring (bicyclic) bond motifs is 9. The molecule has 0 saturated heterocycles. The van der Waals surface area contributed by atoms with Gasteiger partial charge in [0.25, 0.3) is 0 Å². The van der Waals surface area contributed by atoms with E-state index >= 15 is 0 Å². The molecular weight excluding hydrogens is 663 g/mol. The fourth-order valence-electron chi connectivity index (χ4n) is 7.32. The summed E-state index contributed by atoms with van der Waals surface area (Å²) in [6, 6.07) is 53.2. The van der Waals surface area contributed by atoms with Crippen molar-refractivity contribution in [3.8, 4) is 45.3 Å². The quantitative estimate of drug-likeness (QED) is 0.185. The monoisotopic (exact) mass is 687 g/mol. The fourth-order valence-corrected chi connectivity index (χ4v) is 9.69. The summed E-state index contributed by atoms with van der Waals surface area (Å²) in [6.45, 7) is 0. The lowest BCUT2D eigenvalue weighted by Crippen LogP contribution is -2.00. The molecule has 0 radical (unpaired) electrons. The molecule has 0 unspecified atom stereocenters. The normalized spacial score (nSPS) is 11.9. The van der Waals surface area contributed by atoms with Crippen molar-refractivity contribution in [2.24, 2.45) is 0 Å². The first-order chi connectivity index (χ1) is 25.2. The van der Waals surface area contributed by atoms with E-state index in [2.05, 4.69) is 91.0 Å². The van der Waals surface area contributed by atoms with Gasteiger partial charge in [-0.05, 0) is 53.6 Å². The van der Waals surface area contributed by atoms with Gasteiger partial charge in [0, 0.05) is 62.2 Å². The maximum Gasteiger partial charge on any atom is 0.167 e. The van der Waals surface area contributed by atoms with E-state index in [9.17, 15) is 0 Å². The molecule has 11 aromatic rings. The van der Waals surface area contributed by atoms with Gasteiger partial charge in [0.05, 0.1) is 5.56 Å². The van der Waals surface area contributed by atoms with E-state index in [1.807, 2.05) is 83.3 Å². The second-order valence-electron chi connectivity index (χ2n) is 12.8. The Bertz CT molecular complexity index is 3160. The SMILES string of the molecule is c1ccc(-c2nc(-c3ccc4sc5cc(-c6cccc7c6sc6ccccc67)ccc5c4c3)nc(-c3cccc4c3oc3ccccc34)n2)cc1. The predicted octanol–water partition coefficient (Wildman–Crippen LogP) is 13.2. The zero-order chi connectivity index (χ0) is 33.5. The van der Waals surface area contributed by atoms with Crippen molar-refractivity contribution in [2.45, 2.75) is 0 Å². The van der Waals surface area contributed by atoms with Gasteiger partial charge in [-0.25, -0.2) is 15.0 Å². The van der Waals surface area contributed by atoms with Crippen LogP contribution in [0.1, 0.15) is 0 Å². The molecule has 4 nitrogen and oxygen atoms in total. The number of nitrogens with zero attached hydrogens (tertiary/aromatic N) is 3. The van der Waals surface area contributed by atoms with Gasteiger partial charge in [-0.3, -0.25) is 0 Å². The lowest BCUT2D eigenvalue weighted by Gasteiger charge is -2.09. The first kappa shape index (κ1) is 28.6. The van der Waals surface area contributed by atoms with E-state index in [-0.39, 0.29) is 0 Å². The van der Waals surface area contributed by atoms with Crippen LogP contribution in [0.5, 0.6) is 0 Å². The minimum absolute atomic E-state index is 0.582. The summed E-state index contributed by atoms with van der Waals surface area (Å²) in [6.07, 6.45) is 0. The molecule has 11 rings (SSSR count). The molecular formula is C45H25N3OS2. The van der Waals surface area contributed by atoms with Gasteiger partial charge >= 0.3 is 0 Å². The Kier molecular flexibility index (Phi) is 6.26. The number of thiophene rings is 2. The zero-order valence-electron chi connectivity index (χ0n) is 27.0. The number of furan rings is 1. The zero-order valence-corrected chi connectivity index (χ0v) is 28.6.